The lowest BCUT2D eigenvalue weighted by Crippen LogP contribution is -2.20. The van der Waals surface area contributed by atoms with Gasteiger partial charge in [-0.05, 0) is 51.0 Å². The molecule has 0 atom stereocenters. The molecule has 34 heavy (non-hydrogen) atoms. The Bertz CT molecular complexity index is 1380. The smallest absolute Gasteiger partial charge is 0.190 e. The van der Waals surface area contributed by atoms with E-state index in [4.69, 9.17) is 0 Å². The van der Waals surface area contributed by atoms with Crippen molar-refractivity contribution in [3.8, 4) is 20.9 Å². The molecule has 0 unspecified atom stereocenters. The summed E-state index contributed by atoms with van der Waals surface area (Å²) < 4.78 is 0. The van der Waals surface area contributed by atoms with Crippen molar-refractivity contribution in [2.45, 2.75) is 27.7 Å². The van der Waals surface area contributed by atoms with Gasteiger partial charge in [0.05, 0.1) is 0 Å². The summed E-state index contributed by atoms with van der Waals surface area (Å²) in [6.07, 6.45) is 0. The molecule has 0 radical (unpaired) electrons. The highest BCUT2D eigenvalue weighted by atomic mass is 32.1. The second-order valence-electron chi connectivity index (χ2n) is 8.55. The van der Waals surface area contributed by atoms with Crippen LogP contribution in [0.2, 0.25) is 0 Å². The molecule has 2 nitrogen and oxygen atoms in total. The lowest BCUT2D eigenvalue weighted by molar-refractivity contribution is -0.113. The topological polar surface area (TPSA) is 34.1 Å². The van der Waals surface area contributed by atoms with E-state index in [2.05, 4.69) is 36.4 Å². The largest absolute Gasteiger partial charge is 0.289 e. The first-order valence-electron chi connectivity index (χ1n) is 11.2. The Morgan fingerprint density at radius 1 is 0.529 bits per heavy atom. The highest BCUT2D eigenvalue weighted by Crippen LogP contribution is 2.45. The molecule has 2 aromatic carbocycles. The summed E-state index contributed by atoms with van der Waals surface area (Å²) in [5, 5.41) is 0. The highest BCUT2D eigenvalue weighted by Gasteiger charge is 2.34. The number of carbonyl (C=O) groups excluding carboxylic acids is 2. The summed E-state index contributed by atoms with van der Waals surface area (Å²) in [5.74, 6) is -0.112. The molecule has 2 heterocycles. The maximum Gasteiger partial charge on any atom is 0.190 e. The van der Waals surface area contributed by atoms with Gasteiger partial charge in [0.15, 0.2) is 11.6 Å². The maximum atomic E-state index is 13.7. The predicted octanol–water partition coefficient (Wildman–Crippen LogP) is 8.16. The van der Waals surface area contributed by atoms with Gasteiger partial charge in [-0.15, -0.1) is 22.7 Å². The average Bonchev–Trinajstić information content (AvgIpc) is 3.43. The third-order valence-electron chi connectivity index (χ3n) is 6.44. The van der Waals surface area contributed by atoms with Crippen LogP contribution >= 0.6 is 22.7 Å². The fourth-order valence-corrected chi connectivity index (χ4v) is 6.47. The summed E-state index contributed by atoms with van der Waals surface area (Å²) in [6.45, 7) is 7.60. The van der Waals surface area contributed by atoms with Crippen molar-refractivity contribution < 1.29 is 9.59 Å². The van der Waals surface area contributed by atoms with Crippen molar-refractivity contribution in [1.29, 1.82) is 0 Å². The van der Waals surface area contributed by atoms with Gasteiger partial charge >= 0.3 is 0 Å². The van der Waals surface area contributed by atoms with Gasteiger partial charge in [0.25, 0.3) is 0 Å². The fraction of sp³-hybridized carbons (Fsp3) is 0.133. The van der Waals surface area contributed by atoms with Crippen LogP contribution in [0.3, 0.4) is 0 Å². The predicted molar refractivity (Wildman–Crippen MR) is 144 cm³/mol. The molecule has 5 rings (SSSR count). The van der Waals surface area contributed by atoms with Gasteiger partial charge in [0.2, 0.25) is 0 Å². The van der Waals surface area contributed by atoms with Crippen LogP contribution in [0.4, 0.5) is 0 Å². The molecule has 0 bridgehead atoms. The van der Waals surface area contributed by atoms with E-state index in [1.807, 2.05) is 50.2 Å². The molecule has 0 aliphatic heterocycles. The van der Waals surface area contributed by atoms with Gasteiger partial charge in [-0.3, -0.25) is 9.59 Å². The second kappa shape index (κ2) is 8.79. The van der Waals surface area contributed by atoms with E-state index >= 15 is 0 Å². The van der Waals surface area contributed by atoms with Crippen molar-refractivity contribution in [2.24, 2.45) is 0 Å². The second-order valence-corrected chi connectivity index (χ2v) is 11.1. The number of hydrogen-bond donors (Lipinski definition) is 0. The minimum atomic E-state index is -0.0560. The van der Waals surface area contributed by atoms with Crippen molar-refractivity contribution in [3.63, 3.8) is 0 Å². The number of carbonyl (C=O) groups is 2. The van der Waals surface area contributed by atoms with E-state index in [-0.39, 0.29) is 11.6 Å². The molecule has 0 spiro atoms. The minimum Gasteiger partial charge on any atom is -0.289 e. The Morgan fingerprint density at radius 3 is 1.24 bits per heavy atom. The molecule has 4 heteroatoms. The first-order chi connectivity index (χ1) is 16.4. The quantitative estimate of drug-likeness (QED) is 0.276. The summed E-state index contributed by atoms with van der Waals surface area (Å²) >= 11 is 3.32. The maximum absolute atomic E-state index is 13.7. The highest BCUT2D eigenvalue weighted by molar-refractivity contribution is 7.16. The number of Topliss-reactive ketones (excluding diaryl/α,β-unsaturated/α-hetero) is 2. The fourth-order valence-electron chi connectivity index (χ4n) is 4.41. The molecule has 0 fully saturated rings. The number of ketones is 2. The molecule has 2 aromatic heterocycles. The van der Waals surface area contributed by atoms with Crippen LogP contribution in [0.1, 0.15) is 34.7 Å². The number of thiophene rings is 2. The minimum absolute atomic E-state index is 0.0560. The number of benzene rings is 2. The van der Waals surface area contributed by atoms with Crippen molar-refractivity contribution in [3.05, 3.63) is 105 Å². The Kier molecular flexibility index (Phi) is 5.80. The van der Waals surface area contributed by atoms with Crippen LogP contribution in [0.5, 0.6) is 0 Å². The summed E-state index contributed by atoms with van der Waals surface area (Å²) in [4.78, 5) is 31.6. The number of hydrogen-bond acceptors (Lipinski definition) is 4. The molecule has 1 aliphatic rings. The third-order valence-corrected chi connectivity index (χ3v) is 8.64. The molecule has 1 aliphatic carbocycles. The van der Waals surface area contributed by atoms with Crippen LogP contribution in [0.25, 0.3) is 32.0 Å². The lowest BCUT2D eigenvalue weighted by atomic mass is 9.79. The number of aryl methyl sites for hydroxylation is 2. The Balaban J connectivity index is 1.74. The van der Waals surface area contributed by atoms with Crippen LogP contribution in [-0.4, -0.2) is 11.6 Å². The zero-order chi connectivity index (χ0) is 24.0. The first-order valence-corrected chi connectivity index (χ1v) is 12.8. The van der Waals surface area contributed by atoms with Gasteiger partial charge in [0.1, 0.15) is 0 Å². The average molecular weight is 481 g/mol. The molecule has 0 saturated carbocycles. The normalized spacial score (nSPS) is 14.4. The molecule has 0 amide bonds. The van der Waals surface area contributed by atoms with E-state index in [9.17, 15) is 9.59 Å². The van der Waals surface area contributed by atoms with Crippen LogP contribution in [-0.2, 0) is 9.59 Å². The van der Waals surface area contributed by atoms with E-state index in [1.165, 1.54) is 0 Å². The molecule has 0 saturated heterocycles. The van der Waals surface area contributed by atoms with E-state index < -0.39 is 0 Å². The SMILES string of the molecule is CC1=C(C)C(=O)C(c2cc(-c3ccccc3)sc2C)=C(c2cc(-c3ccccc3)sc2C)C1=O. The standard InChI is InChI=1S/C30H24O2S2/c1-17-18(2)30(32)28(24-16-26(34-20(24)4)22-13-9-6-10-14-22)27(29(17)31)23-15-25(33-19(23)3)21-11-7-5-8-12-21/h5-16H,1-4H3. The van der Waals surface area contributed by atoms with Crippen molar-refractivity contribution in [1.82, 2.24) is 0 Å². The first kappa shape index (κ1) is 22.5. The Morgan fingerprint density at radius 2 is 0.882 bits per heavy atom. The zero-order valence-electron chi connectivity index (χ0n) is 19.6. The molecule has 0 N–H and O–H groups in total. The summed E-state index contributed by atoms with van der Waals surface area (Å²) in [5.41, 5.74) is 6.07. The molecule has 4 aromatic rings. The molecular weight excluding hydrogens is 456 g/mol. The van der Waals surface area contributed by atoms with Crippen LogP contribution < -0.4 is 0 Å². The van der Waals surface area contributed by atoms with E-state index in [0.29, 0.717) is 22.3 Å². The van der Waals surface area contributed by atoms with Gasteiger partial charge in [-0.25, -0.2) is 0 Å². The Hall–Kier alpha value is -3.34. The van der Waals surface area contributed by atoms with E-state index in [0.717, 1.165) is 41.8 Å². The van der Waals surface area contributed by atoms with Gasteiger partial charge < -0.3 is 0 Å². The summed E-state index contributed by atoms with van der Waals surface area (Å²) in [7, 11) is 0. The number of allylic oxidation sites excluding steroid dienone is 4. The summed E-state index contributed by atoms with van der Waals surface area (Å²) in [6, 6.07) is 24.5. The monoisotopic (exact) mass is 480 g/mol. The third kappa shape index (κ3) is 3.73. The molecular formula is C30H24O2S2. The number of rotatable bonds is 4. The van der Waals surface area contributed by atoms with Gasteiger partial charge in [0, 0.05) is 52.9 Å². The van der Waals surface area contributed by atoms with Gasteiger partial charge in [-0.2, -0.15) is 0 Å². The van der Waals surface area contributed by atoms with E-state index in [1.54, 1.807) is 36.5 Å². The van der Waals surface area contributed by atoms with Crippen LogP contribution in [0, 0.1) is 13.8 Å². The zero-order valence-corrected chi connectivity index (χ0v) is 21.2. The van der Waals surface area contributed by atoms with Gasteiger partial charge in [-0.1, -0.05) is 60.7 Å². The van der Waals surface area contributed by atoms with Crippen molar-refractivity contribution >= 4 is 45.4 Å². The lowest BCUT2D eigenvalue weighted by Gasteiger charge is -2.21. The van der Waals surface area contributed by atoms with Crippen LogP contribution in [0.15, 0.2) is 83.9 Å². The van der Waals surface area contributed by atoms with Crippen molar-refractivity contribution in [2.75, 3.05) is 0 Å². The molecule has 168 valence electrons. The Labute approximate surface area is 207 Å².